The highest BCUT2D eigenvalue weighted by Gasteiger charge is 2.15. The highest BCUT2D eigenvalue weighted by Crippen LogP contribution is 2.35. The van der Waals surface area contributed by atoms with E-state index in [1.165, 1.54) is 23.5 Å². The number of nitrogens with zero attached hydrogens (tertiary/aromatic N) is 2. The van der Waals surface area contributed by atoms with Gasteiger partial charge in [-0.1, -0.05) is 17.7 Å². The quantitative estimate of drug-likeness (QED) is 0.565. The van der Waals surface area contributed by atoms with Crippen molar-refractivity contribution in [3.05, 3.63) is 40.0 Å². The van der Waals surface area contributed by atoms with Gasteiger partial charge in [-0.2, -0.15) is 4.98 Å². The van der Waals surface area contributed by atoms with Gasteiger partial charge in [0.15, 0.2) is 11.6 Å². The third kappa shape index (κ3) is 2.63. The first-order chi connectivity index (χ1) is 10.1. The number of nitrogens with two attached hydrogens (primary N) is 1. The van der Waals surface area contributed by atoms with Crippen LogP contribution in [0.3, 0.4) is 0 Å². The fourth-order valence-corrected chi connectivity index (χ4v) is 2.86. The maximum Gasteiger partial charge on any atom is 0.241 e. The van der Waals surface area contributed by atoms with Crippen LogP contribution in [0.4, 0.5) is 10.3 Å². The summed E-state index contributed by atoms with van der Waals surface area (Å²) in [6, 6.07) is 6.39. The van der Waals surface area contributed by atoms with Gasteiger partial charge in [-0.3, -0.25) is 5.43 Å². The average Bonchev–Trinajstić information content (AvgIpc) is 2.84. The lowest BCUT2D eigenvalue weighted by Crippen LogP contribution is -2.10. The Labute approximate surface area is 128 Å². The minimum Gasteiger partial charge on any atom is -0.435 e. The van der Waals surface area contributed by atoms with Crippen molar-refractivity contribution >= 4 is 39.1 Å². The molecule has 0 bridgehead atoms. The van der Waals surface area contributed by atoms with Gasteiger partial charge >= 0.3 is 0 Å². The van der Waals surface area contributed by atoms with E-state index in [1.807, 2.05) is 13.0 Å². The molecule has 0 radical (unpaired) electrons. The molecular formula is C13H10ClFN4OS. The van der Waals surface area contributed by atoms with Gasteiger partial charge < -0.3 is 4.74 Å². The van der Waals surface area contributed by atoms with E-state index >= 15 is 0 Å². The number of anilines is 1. The fraction of sp³-hybridized carbons (Fsp3) is 0.0769. The number of hydrazine groups is 1. The zero-order chi connectivity index (χ0) is 15.0. The lowest BCUT2D eigenvalue weighted by Gasteiger charge is -2.08. The first kappa shape index (κ1) is 14.0. The lowest BCUT2D eigenvalue weighted by molar-refractivity contribution is 0.432. The molecule has 5 nitrogen and oxygen atoms in total. The molecule has 0 saturated heterocycles. The van der Waals surface area contributed by atoms with Crippen LogP contribution in [0.15, 0.2) is 24.3 Å². The average molecular weight is 325 g/mol. The summed E-state index contributed by atoms with van der Waals surface area (Å²) in [5, 5.41) is 0.673. The van der Waals surface area contributed by atoms with E-state index in [0.717, 1.165) is 4.88 Å². The maximum atomic E-state index is 13.9. The number of aryl methyl sites for hydroxylation is 1. The Hall–Kier alpha value is -1.96. The minimum absolute atomic E-state index is 0.00526. The zero-order valence-electron chi connectivity index (χ0n) is 10.9. The normalized spacial score (nSPS) is 10.9. The van der Waals surface area contributed by atoms with Gasteiger partial charge in [0.25, 0.3) is 0 Å². The second-order valence-electron chi connectivity index (χ2n) is 4.23. The molecule has 0 aliphatic rings. The molecule has 2 aromatic heterocycles. The van der Waals surface area contributed by atoms with Gasteiger partial charge in [-0.25, -0.2) is 15.2 Å². The number of nitrogens with one attached hydrogen (secondary N) is 1. The molecule has 2 heterocycles. The number of benzene rings is 1. The summed E-state index contributed by atoms with van der Waals surface area (Å²) in [7, 11) is 0. The van der Waals surface area contributed by atoms with Crippen LogP contribution in [-0.4, -0.2) is 9.97 Å². The molecule has 0 aliphatic carbocycles. The largest absolute Gasteiger partial charge is 0.435 e. The Morgan fingerprint density at radius 1 is 1.38 bits per heavy atom. The number of ether oxygens (including phenoxy) is 1. The first-order valence-electron chi connectivity index (χ1n) is 5.95. The third-order valence-corrected chi connectivity index (χ3v) is 3.97. The molecule has 0 unspecified atom stereocenters. The van der Waals surface area contributed by atoms with E-state index < -0.39 is 5.82 Å². The summed E-state index contributed by atoms with van der Waals surface area (Å²) in [4.78, 5) is 10.1. The SMILES string of the molecule is Cc1cc2c(Oc3cccc(Cl)c3F)nc(NN)nc2s1. The van der Waals surface area contributed by atoms with Crippen molar-refractivity contribution < 1.29 is 9.13 Å². The number of hydrogen-bond acceptors (Lipinski definition) is 6. The van der Waals surface area contributed by atoms with Crippen molar-refractivity contribution in [2.45, 2.75) is 6.92 Å². The molecule has 0 amide bonds. The number of halogens is 2. The number of thiophene rings is 1. The van der Waals surface area contributed by atoms with E-state index in [2.05, 4.69) is 15.4 Å². The van der Waals surface area contributed by atoms with Gasteiger partial charge in [0.2, 0.25) is 11.8 Å². The molecule has 3 aromatic rings. The number of aromatic nitrogens is 2. The molecule has 21 heavy (non-hydrogen) atoms. The van der Waals surface area contributed by atoms with Crippen molar-refractivity contribution in [2.24, 2.45) is 5.84 Å². The predicted molar refractivity (Wildman–Crippen MR) is 81.4 cm³/mol. The van der Waals surface area contributed by atoms with Gasteiger partial charge in [0.05, 0.1) is 10.4 Å². The van der Waals surface area contributed by atoms with Gasteiger partial charge in [0, 0.05) is 4.88 Å². The van der Waals surface area contributed by atoms with Crippen LogP contribution in [0.25, 0.3) is 10.2 Å². The van der Waals surface area contributed by atoms with Crippen molar-refractivity contribution in [2.75, 3.05) is 5.43 Å². The Morgan fingerprint density at radius 2 is 2.19 bits per heavy atom. The molecule has 1 aromatic carbocycles. The second-order valence-corrected chi connectivity index (χ2v) is 5.87. The molecule has 0 spiro atoms. The van der Waals surface area contributed by atoms with Crippen LogP contribution in [0.1, 0.15) is 4.88 Å². The summed E-state index contributed by atoms with van der Waals surface area (Å²) in [5.41, 5.74) is 2.37. The Morgan fingerprint density at radius 3 is 2.95 bits per heavy atom. The third-order valence-electron chi connectivity index (χ3n) is 2.73. The van der Waals surface area contributed by atoms with Crippen molar-refractivity contribution in [1.82, 2.24) is 9.97 Å². The molecule has 3 N–H and O–H groups in total. The Bertz CT molecular complexity index is 823. The predicted octanol–water partition coefficient (Wildman–Crippen LogP) is 3.87. The van der Waals surface area contributed by atoms with Crippen LogP contribution in [-0.2, 0) is 0 Å². The number of rotatable bonds is 3. The minimum atomic E-state index is -0.639. The topological polar surface area (TPSA) is 73.1 Å². The molecule has 0 aliphatic heterocycles. The van der Waals surface area contributed by atoms with E-state index in [9.17, 15) is 4.39 Å². The van der Waals surface area contributed by atoms with Gasteiger partial charge in [-0.05, 0) is 25.1 Å². The van der Waals surface area contributed by atoms with E-state index in [-0.39, 0.29) is 22.6 Å². The molecule has 0 saturated carbocycles. The number of hydrogen-bond donors (Lipinski definition) is 2. The van der Waals surface area contributed by atoms with Crippen LogP contribution in [0.2, 0.25) is 5.02 Å². The summed E-state index contributed by atoms with van der Waals surface area (Å²) in [5.74, 6) is 5.12. The summed E-state index contributed by atoms with van der Waals surface area (Å²) in [6.07, 6.45) is 0. The van der Waals surface area contributed by atoms with Crippen molar-refractivity contribution in [3.63, 3.8) is 0 Å². The van der Waals surface area contributed by atoms with Crippen LogP contribution >= 0.6 is 22.9 Å². The highest BCUT2D eigenvalue weighted by molar-refractivity contribution is 7.18. The molecular weight excluding hydrogens is 315 g/mol. The zero-order valence-corrected chi connectivity index (χ0v) is 12.4. The maximum absolute atomic E-state index is 13.9. The molecule has 0 fully saturated rings. The standard InChI is InChI=1S/C13H10ClFN4OS/c1-6-5-7-11(17-13(19-16)18-12(7)21-6)20-9-4-2-3-8(14)10(9)15/h2-5H,16H2,1H3,(H,17,18,19). The fourth-order valence-electron chi connectivity index (χ4n) is 1.83. The number of fused-ring (bicyclic) bond motifs is 1. The lowest BCUT2D eigenvalue weighted by atomic mass is 10.3. The summed E-state index contributed by atoms with van der Waals surface area (Å²) < 4.78 is 19.5. The second kappa shape index (κ2) is 5.44. The van der Waals surface area contributed by atoms with Crippen molar-refractivity contribution in [3.8, 4) is 11.6 Å². The molecule has 108 valence electrons. The van der Waals surface area contributed by atoms with Crippen LogP contribution in [0.5, 0.6) is 11.6 Å². The van der Waals surface area contributed by atoms with E-state index in [1.54, 1.807) is 6.07 Å². The van der Waals surface area contributed by atoms with Crippen LogP contribution < -0.4 is 16.0 Å². The monoisotopic (exact) mass is 324 g/mol. The van der Waals surface area contributed by atoms with E-state index in [0.29, 0.717) is 10.2 Å². The van der Waals surface area contributed by atoms with E-state index in [4.69, 9.17) is 22.2 Å². The molecule has 8 heteroatoms. The summed E-state index contributed by atoms with van der Waals surface area (Å²) >= 11 is 7.21. The highest BCUT2D eigenvalue weighted by atomic mass is 35.5. The number of nitrogen functional groups attached to an aromatic ring is 1. The first-order valence-corrected chi connectivity index (χ1v) is 7.14. The van der Waals surface area contributed by atoms with Gasteiger partial charge in [-0.15, -0.1) is 11.3 Å². The molecule has 0 atom stereocenters. The van der Waals surface area contributed by atoms with Crippen molar-refractivity contribution in [1.29, 1.82) is 0 Å². The Balaban J connectivity index is 2.12. The smallest absolute Gasteiger partial charge is 0.241 e. The summed E-state index contributed by atoms with van der Waals surface area (Å²) in [6.45, 7) is 1.94. The Kier molecular flexibility index (Phi) is 3.62. The van der Waals surface area contributed by atoms with Gasteiger partial charge in [0.1, 0.15) is 4.83 Å². The van der Waals surface area contributed by atoms with Crippen LogP contribution in [0, 0.1) is 12.7 Å². The molecule has 3 rings (SSSR count).